The molecular weight excluding hydrogens is 659 g/mol. The molecular formula is C42H81N2O6P. The molecule has 9 heteroatoms. The van der Waals surface area contributed by atoms with Crippen LogP contribution in [0.5, 0.6) is 0 Å². The van der Waals surface area contributed by atoms with Crippen molar-refractivity contribution >= 4 is 13.7 Å². The molecule has 3 unspecified atom stereocenters. The summed E-state index contributed by atoms with van der Waals surface area (Å²) < 4.78 is 23.0. The summed E-state index contributed by atoms with van der Waals surface area (Å²) >= 11 is 0. The molecule has 0 aromatic carbocycles. The standard InChI is InChI=1S/C42H81N2O6P/c1-6-8-10-12-13-14-15-16-17-18-19-20-21-22-23-24-25-26-27-28-29-30-31-32-34-36-42(46)43-40(41(45)35-33-11-9-7-2)39-50-51(47,48)49-38-37-44(3,4)5/h15-16,18-19,21-22,40-41,45H,6-14,17,20,23-39H2,1-5H3,(H-,43,46,47,48)/b16-15-,19-18-,22-21-. The number of hydrogen-bond donors (Lipinski definition) is 2. The van der Waals surface area contributed by atoms with Crippen molar-refractivity contribution in [3.8, 4) is 0 Å². The highest BCUT2D eigenvalue weighted by Crippen LogP contribution is 2.38. The van der Waals surface area contributed by atoms with Crippen molar-refractivity contribution in [1.29, 1.82) is 0 Å². The van der Waals surface area contributed by atoms with Crippen LogP contribution in [0, 0.1) is 0 Å². The van der Waals surface area contributed by atoms with E-state index in [0.29, 0.717) is 23.9 Å². The molecule has 0 saturated carbocycles. The van der Waals surface area contributed by atoms with Crippen LogP contribution in [0.3, 0.4) is 0 Å². The Balaban J connectivity index is 4.00. The highest BCUT2D eigenvalue weighted by molar-refractivity contribution is 7.45. The van der Waals surface area contributed by atoms with E-state index in [1.807, 2.05) is 21.1 Å². The highest BCUT2D eigenvalue weighted by atomic mass is 31.2. The lowest BCUT2D eigenvalue weighted by Gasteiger charge is -2.30. The van der Waals surface area contributed by atoms with E-state index in [4.69, 9.17) is 9.05 Å². The Kier molecular flexibility index (Phi) is 33.6. The first-order valence-corrected chi connectivity index (χ1v) is 22.3. The zero-order chi connectivity index (χ0) is 37.9. The summed E-state index contributed by atoms with van der Waals surface area (Å²) in [5, 5.41) is 13.6. The Bertz CT molecular complexity index is 933. The van der Waals surface area contributed by atoms with Crippen molar-refractivity contribution < 1.29 is 32.9 Å². The molecule has 0 aromatic heterocycles. The number of likely N-dealkylation sites (N-methyl/N-ethyl adjacent to an activating group) is 1. The average Bonchev–Trinajstić information content (AvgIpc) is 3.07. The van der Waals surface area contributed by atoms with Crippen molar-refractivity contribution in [2.75, 3.05) is 40.9 Å². The van der Waals surface area contributed by atoms with Gasteiger partial charge in [-0.1, -0.05) is 153 Å². The summed E-state index contributed by atoms with van der Waals surface area (Å²) in [5.41, 5.74) is 0. The molecule has 0 aliphatic carbocycles. The molecule has 0 aromatic rings. The summed E-state index contributed by atoms with van der Waals surface area (Å²) in [4.78, 5) is 25.0. The lowest BCUT2D eigenvalue weighted by Crippen LogP contribution is -2.46. The minimum absolute atomic E-state index is 0.00919. The molecule has 2 N–H and O–H groups in total. The van der Waals surface area contributed by atoms with Gasteiger partial charge in [0.05, 0.1) is 39.9 Å². The van der Waals surface area contributed by atoms with E-state index in [0.717, 1.165) is 57.8 Å². The summed E-state index contributed by atoms with van der Waals surface area (Å²) in [6.07, 6.45) is 40.7. The minimum atomic E-state index is -4.54. The van der Waals surface area contributed by atoms with Crippen LogP contribution in [-0.4, -0.2) is 68.5 Å². The van der Waals surface area contributed by atoms with Crippen LogP contribution in [0.4, 0.5) is 0 Å². The van der Waals surface area contributed by atoms with Crippen molar-refractivity contribution in [2.24, 2.45) is 0 Å². The van der Waals surface area contributed by atoms with Crippen LogP contribution in [0.25, 0.3) is 0 Å². The van der Waals surface area contributed by atoms with E-state index in [1.165, 1.54) is 89.9 Å². The molecule has 0 rings (SSSR count). The fourth-order valence-electron chi connectivity index (χ4n) is 5.75. The van der Waals surface area contributed by atoms with Gasteiger partial charge in [0.15, 0.2) is 0 Å². The number of aliphatic hydroxyl groups is 1. The largest absolute Gasteiger partial charge is 0.756 e. The van der Waals surface area contributed by atoms with Gasteiger partial charge in [0.1, 0.15) is 13.2 Å². The first-order chi connectivity index (χ1) is 24.5. The third-order valence-corrected chi connectivity index (χ3v) is 10.1. The van der Waals surface area contributed by atoms with Crippen LogP contribution in [0.15, 0.2) is 36.5 Å². The van der Waals surface area contributed by atoms with Crippen LogP contribution in [0.2, 0.25) is 0 Å². The number of allylic oxidation sites excluding steroid dienone is 6. The fraction of sp³-hybridized carbons (Fsp3) is 0.833. The Morgan fingerprint density at radius 1 is 0.686 bits per heavy atom. The topological polar surface area (TPSA) is 108 Å². The zero-order valence-corrected chi connectivity index (χ0v) is 34.7. The number of unbranched alkanes of at least 4 members (excludes halogenated alkanes) is 18. The summed E-state index contributed by atoms with van der Waals surface area (Å²) in [7, 11) is 1.29. The second kappa shape index (κ2) is 34.5. The number of quaternary nitrogens is 1. The lowest BCUT2D eigenvalue weighted by molar-refractivity contribution is -0.870. The number of nitrogens with zero attached hydrogens (tertiary/aromatic N) is 1. The van der Waals surface area contributed by atoms with E-state index < -0.39 is 20.0 Å². The van der Waals surface area contributed by atoms with Gasteiger partial charge in [-0.2, -0.15) is 0 Å². The Labute approximate surface area is 315 Å². The molecule has 0 saturated heterocycles. The first kappa shape index (κ1) is 49.7. The maximum Gasteiger partial charge on any atom is 0.268 e. The zero-order valence-electron chi connectivity index (χ0n) is 33.8. The minimum Gasteiger partial charge on any atom is -0.756 e. The van der Waals surface area contributed by atoms with Gasteiger partial charge < -0.3 is 28.8 Å². The van der Waals surface area contributed by atoms with Gasteiger partial charge in [-0.15, -0.1) is 0 Å². The quantitative estimate of drug-likeness (QED) is 0.0284. The predicted molar refractivity (Wildman–Crippen MR) is 215 cm³/mol. The second-order valence-corrected chi connectivity index (χ2v) is 16.8. The number of carbonyl (C=O) groups is 1. The molecule has 8 nitrogen and oxygen atoms in total. The second-order valence-electron chi connectivity index (χ2n) is 15.3. The van der Waals surface area contributed by atoms with Crippen LogP contribution < -0.4 is 10.2 Å². The number of rotatable bonds is 37. The van der Waals surface area contributed by atoms with Crippen molar-refractivity contribution in [3.05, 3.63) is 36.5 Å². The number of carbonyl (C=O) groups excluding carboxylic acids is 1. The average molecular weight is 741 g/mol. The van der Waals surface area contributed by atoms with Crippen molar-refractivity contribution in [3.63, 3.8) is 0 Å². The van der Waals surface area contributed by atoms with Gasteiger partial charge in [0, 0.05) is 6.42 Å². The Morgan fingerprint density at radius 3 is 1.65 bits per heavy atom. The molecule has 0 heterocycles. The molecule has 0 spiro atoms. The fourth-order valence-corrected chi connectivity index (χ4v) is 6.47. The normalized spacial score (nSPS) is 14.9. The van der Waals surface area contributed by atoms with Gasteiger partial charge in [-0.25, -0.2) is 0 Å². The van der Waals surface area contributed by atoms with Crippen molar-refractivity contribution in [1.82, 2.24) is 5.32 Å². The predicted octanol–water partition coefficient (Wildman–Crippen LogP) is 10.5. The number of amides is 1. The SMILES string of the molecule is CCCCCCC/C=C\C/C=C\C/C=C\CCCCCCCCCCCCC(=O)NC(COP(=O)([O-])OCC[N+](C)(C)C)C(O)CCCCCC. The third kappa shape index (κ3) is 36.9. The molecule has 0 aliphatic rings. The highest BCUT2D eigenvalue weighted by Gasteiger charge is 2.24. The van der Waals surface area contributed by atoms with E-state index in [-0.39, 0.29) is 19.1 Å². The van der Waals surface area contributed by atoms with E-state index in [2.05, 4.69) is 55.6 Å². The molecule has 0 radical (unpaired) electrons. The molecule has 0 aliphatic heterocycles. The van der Waals surface area contributed by atoms with Gasteiger partial charge in [0.25, 0.3) is 7.82 Å². The number of phosphoric acid groups is 1. The van der Waals surface area contributed by atoms with Crippen molar-refractivity contribution in [2.45, 2.75) is 187 Å². The van der Waals surface area contributed by atoms with Gasteiger partial charge in [-0.05, 0) is 51.4 Å². The van der Waals surface area contributed by atoms with E-state index >= 15 is 0 Å². The number of phosphoric ester groups is 1. The van der Waals surface area contributed by atoms with Gasteiger partial charge in [-0.3, -0.25) is 9.36 Å². The maximum absolute atomic E-state index is 12.7. The number of hydrogen-bond acceptors (Lipinski definition) is 6. The van der Waals surface area contributed by atoms with E-state index in [1.54, 1.807) is 0 Å². The van der Waals surface area contributed by atoms with Gasteiger partial charge >= 0.3 is 0 Å². The van der Waals surface area contributed by atoms with E-state index in [9.17, 15) is 19.4 Å². The van der Waals surface area contributed by atoms with Gasteiger partial charge in [0.2, 0.25) is 5.91 Å². The molecule has 3 atom stereocenters. The van der Waals surface area contributed by atoms with Crippen LogP contribution in [-0.2, 0) is 18.4 Å². The first-order valence-electron chi connectivity index (χ1n) is 20.8. The molecule has 51 heavy (non-hydrogen) atoms. The lowest BCUT2D eigenvalue weighted by atomic mass is 10.0. The molecule has 1 amide bonds. The van der Waals surface area contributed by atoms with Crippen LogP contribution >= 0.6 is 7.82 Å². The maximum atomic E-state index is 12.7. The summed E-state index contributed by atoms with van der Waals surface area (Å²) in [6.45, 7) is 4.56. The third-order valence-electron chi connectivity index (χ3n) is 9.13. The summed E-state index contributed by atoms with van der Waals surface area (Å²) in [6, 6.07) is -0.798. The smallest absolute Gasteiger partial charge is 0.268 e. The molecule has 0 bridgehead atoms. The number of nitrogens with one attached hydrogen (secondary N) is 1. The molecule has 0 fully saturated rings. The number of aliphatic hydroxyl groups excluding tert-OH is 1. The Morgan fingerprint density at radius 2 is 1.14 bits per heavy atom. The summed E-state index contributed by atoms with van der Waals surface area (Å²) in [5.74, 6) is -0.180. The van der Waals surface area contributed by atoms with Crippen LogP contribution in [0.1, 0.15) is 174 Å². The molecule has 300 valence electrons. The monoisotopic (exact) mass is 741 g/mol. The Hall–Kier alpha value is -1.28.